The first-order chi connectivity index (χ1) is 9.69. The van der Waals surface area contributed by atoms with Crippen molar-refractivity contribution in [2.45, 2.75) is 50.4 Å². The molecule has 3 nitrogen and oxygen atoms in total. The molecule has 110 valence electrons. The number of hydrogen-bond acceptors (Lipinski definition) is 3. The Morgan fingerprint density at radius 2 is 2.20 bits per heavy atom. The largest absolute Gasteiger partial charge is 0.333 e. The summed E-state index contributed by atoms with van der Waals surface area (Å²) in [5, 5.41) is 5.07. The quantitative estimate of drug-likeness (QED) is 0.567. The summed E-state index contributed by atoms with van der Waals surface area (Å²) in [5.74, 6) is 0. The molecule has 0 bridgehead atoms. The van der Waals surface area contributed by atoms with Gasteiger partial charge in [-0.05, 0) is 37.6 Å². The van der Waals surface area contributed by atoms with Crippen LogP contribution in [-0.4, -0.2) is 28.3 Å². The van der Waals surface area contributed by atoms with E-state index < -0.39 is 0 Å². The van der Waals surface area contributed by atoms with Gasteiger partial charge in [-0.15, -0.1) is 0 Å². The maximum Gasteiger partial charge on any atom is 0.166 e. The van der Waals surface area contributed by atoms with E-state index in [1.54, 1.807) is 0 Å². The molecule has 0 aliphatic rings. The zero-order valence-corrected chi connectivity index (χ0v) is 13.5. The summed E-state index contributed by atoms with van der Waals surface area (Å²) in [6.45, 7) is 8.75. The molecule has 1 atom stereocenters. The summed E-state index contributed by atoms with van der Waals surface area (Å²) in [6, 6.07) is 6.34. The van der Waals surface area contributed by atoms with E-state index in [1.807, 2.05) is 11.8 Å². The average molecular weight is 291 g/mol. The van der Waals surface area contributed by atoms with Crippen molar-refractivity contribution in [3.8, 4) is 0 Å². The van der Waals surface area contributed by atoms with Crippen LogP contribution >= 0.6 is 11.8 Å². The van der Waals surface area contributed by atoms with Crippen LogP contribution in [0.5, 0.6) is 0 Å². The summed E-state index contributed by atoms with van der Waals surface area (Å²) in [7, 11) is 0. The van der Waals surface area contributed by atoms with Crippen LogP contribution in [0.25, 0.3) is 11.0 Å². The van der Waals surface area contributed by atoms with E-state index in [0.717, 1.165) is 29.3 Å². The molecule has 0 saturated carbocycles. The molecule has 0 radical (unpaired) electrons. The second-order valence-electron chi connectivity index (χ2n) is 5.40. The first-order valence-corrected chi connectivity index (χ1v) is 8.40. The second-order valence-corrected chi connectivity index (χ2v) is 6.83. The lowest BCUT2D eigenvalue weighted by molar-refractivity contribution is 0.615. The number of H-pyrrole nitrogens is 1. The molecule has 0 amide bonds. The predicted molar refractivity (Wildman–Crippen MR) is 88.5 cm³/mol. The minimum Gasteiger partial charge on any atom is -0.333 e. The number of rotatable bonds is 8. The van der Waals surface area contributed by atoms with E-state index in [2.05, 4.69) is 54.3 Å². The normalized spacial score (nSPS) is 12.9. The Hall–Kier alpha value is -1.00. The van der Waals surface area contributed by atoms with Crippen LogP contribution in [-0.2, 0) is 0 Å². The van der Waals surface area contributed by atoms with Crippen LogP contribution in [0.4, 0.5) is 0 Å². The molecule has 1 unspecified atom stereocenters. The molecule has 1 aromatic heterocycles. The van der Waals surface area contributed by atoms with Crippen molar-refractivity contribution in [2.24, 2.45) is 0 Å². The van der Waals surface area contributed by atoms with Gasteiger partial charge in [-0.1, -0.05) is 44.5 Å². The number of fused-ring (bicyclic) bond motifs is 1. The molecule has 0 spiro atoms. The Kier molecular flexibility index (Phi) is 5.92. The van der Waals surface area contributed by atoms with Crippen LogP contribution in [0.3, 0.4) is 0 Å². The van der Waals surface area contributed by atoms with Crippen LogP contribution in [0.15, 0.2) is 23.4 Å². The highest BCUT2D eigenvalue weighted by Gasteiger charge is 2.08. The van der Waals surface area contributed by atoms with Crippen LogP contribution < -0.4 is 5.32 Å². The van der Waals surface area contributed by atoms with Crippen LogP contribution in [0.2, 0.25) is 0 Å². The highest BCUT2D eigenvalue weighted by atomic mass is 32.2. The summed E-state index contributed by atoms with van der Waals surface area (Å²) in [6.07, 6.45) is 3.87. The van der Waals surface area contributed by atoms with Gasteiger partial charge in [-0.3, -0.25) is 0 Å². The monoisotopic (exact) mass is 291 g/mol. The highest BCUT2D eigenvalue weighted by molar-refractivity contribution is 7.99. The van der Waals surface area contributed by atoms with E-state index in [9.17, 15) is 0 Å². The van der Waals surface area contributed by atoms with E-state index in [0.29, 0.717) is 5.25 Å². The predicted octanol–water partition coefficient (Wildman–Crippen LogP) is 4.13. The molecule has 1 heterocycles. The van der Waals surface area contributed by atoms with Gasteiger partial charge in [0.1, 0.15) is 0 Å². The number of aromatic amines is 1. The van der Waals surface area contributed by atoms with E-state index >= 15 is 0 Å². The van der Waals surface area contributed by atoms with Crippen molar-refractivity contribution in [2.75, 3.05) is 13.1 Å². The number of imidazole rings is 1. The maximum absolute atomic E-state index is 4.63. The third-order valence-electron chi connectivity index (χ3n) is 3.32. The number of nitrogens with one attached hydrogen (secondary N) is 2. The van der Waals surface area contributed by atoms with E-state index in [-0.39, 0.29) is 0 Å². The van der Waals surface area contributed by atoms with E-state index in [1.165, 1.54) is 24.8 Å². The van der Waals surface area contributed by atoms with Gasteiger partial charge in [0.25, 0.3) is 0 Å². The first-order valence-electron chi connectivity index (χ1n) is 7.52. The maximum atomic E-state index is 4.63. The zero-order valence-electron chi connectivity index (χ0n) is 12.7. The topological polar surface area (TPSA) is 40.7 Å². The molecule has 20 heavy (non-hydrogen) atoms. The summed E-state index contributed by atoms with van der Waals surface area (Å²) >= 11 is 1.81. The molecule has 2 rings (SSSR count). The van der Waals surface area contributed by atoms with Crippen molar-refractivity contribution in [3.05, 3.63) is 23.8 Å². The lowest BCUT2D eigenvalue weighted by Gasteiger charge is -2.10. The summed E-state index contributed by atoms with van der Waals surface area (Å²) < 4.78 is 0. The number of unbranched alkanes of at least 4 members (excludes halogenated alkanes) is 2. The molecule has 0 saturated heterocycles. The number of benzene rings is 1. The molecule has 0 aliphatic heterocycles. The molecule has 0 fully saturated rings. The van der Waals surface area contributed by atoms with Gasteiger partial charge in [-0.2, -0.15) is 0 Å². The fourth-order valence-corrected chi connectivity index (χ4v) is 3.10. The number of hydrogen-bond donors (Lipinski definition) is 2. The number of nitrogens with zero attached hydrogens (tertiary/aromatic N) is 1. The lowest BCUT2D eigenvalue weighted by Crippen LogP contribution is -2.23. The van der Waals surface area contributed by atoms with Crippen LogP contribution in [0.1, 0.15) is 38.7 Å². The van der Waals surface area contributed by atoms with Gasteiger partial charge < -0.3 is 10.3 Å². The molecular formula is C16H25N3S. The van der Waals surface area contributed by atoms with Gasteiger partial charge >= 0.3 is 0 Å². The molecule has 2 N–H and O–H groups in total. The number of thioether (sulfide) groups is 1. The Bertz CT molecular complexity index is 536. The minimum absolute atomic E-state index is 0.526. The molecule has 1 aromatic carbocycles. The minimum atomic E-state index is 0.526. The highest BCUT2D eigenvalue weighted by Crippen LogP contribution is 2.23. The Labute approximate surface area is 125 Å². The Morgan fingerprint density at radius 3 is 3.00 bits per heavy atom. The van der Waals surface area contributed by atoms with Gasteiger partial charge in [0.2, 0.25) is 0 Å². The van der Waals surface area contributed by atoms with Gasteiger partial charge in [0, 0.05) is 11.8 Å². The number of aryl methyl sites for hydroxylation is 1. The Morgan fingerprint density at radius 1 is 1.35 bits per heavy atom. The van der Waals surface area contributed by atoms with Crippen molar-refractivity contribution in [1.82, 2.24) is 15.3 Å². The summed E-state index contributed by atoms with van der Waals surface area (Å²) in [5.41, 5.74) is 3.46. The van der Waals surface area contributed by atoms with Crippen molar-refractivity contribution in [1.29, 1.82) is 0 Å². The smallest absolute Gasteiger partial charge is 0.166 e. The fraction of sp³-hybridized carbons (Fsp3) is 0.562. The number of aromatic nitrogens is 2. The van der Waals surface area contributed by atoms with Crippen molar-refractivity contribution >= 4 is 22.8 Å². The van der Waals surface area contributed by atoms with Gasteiger partial charge in [0.15, 0.2) is 5.16 Å². The third-order valence-corrected chi connectivity index (χ3v) is 4.30. The van der Waals surface area contributed by atoms with Crippen molar-refractivity contribution < 1.29 is 0 Å². The Balaban J connectivity index is 1.81. The van der Waals surface area contributed by atoms with E-state index in [4.69, 9.17) is 0 Å². The zero-order chi connectivity index (χ0) is 14.4. The molecular weight excluding hydrogens is 266 g/mol. The summed E-state index contributed by atoms with van der Waals surface area (Å²) in [4.78, 5) is 8.03. The first kappa shape index (κ1) is 15.4. The van der Waals surface area contributed by atoms with Gasteiger partial charge in [0.05, 0.1) is 11.0 Å². The van der Waals surface area contributed by atoms with Crippen LogP contribution in [0, 0.1) is 6.92 Å². The average Bonchev–Trinajstić information content (AvgIpc) is 2.79. The standard InChI is InChI=1S/C16H25N3S/c1-4-5-6-9-17-11-13(3)20-16-18-14-8-7-12(2)10-15(14)19-16/h7-8,10,13,17H,4-6,9,11H2,1-3H3,(H,18,19). The molecule has 4 heteroatoms. The molecule has 2 aromatic rings. The second kappa shape index (κ2) is 7.70. The third kappa shape index (κ3) is 4.53. The SMILES string of the molecule is CCCCCNCC(C)Sc1nc2ccc(C)cc2[nH]1. The molecule has 0 aliphatic carbocycles. The van der Waals surface area contributed by atoms with Crippen molar-refractivity contribution in [3.63, 3.8) is 0 Å². The van der Waals surface area contributed by atoms with Gasteiger partial charge in [-0.25, -0.2) is 4.98 Å². The fourth-order valence-electron chi connectivity index (χ4n) is 2.19. The lowest BCUT2D eigenvalue weighted by atomic mass is 10.2.